The van der Waals surface area contributed by atoms with E-state index in [1.165, 1.54) is 0 Å². The van der Waals surface area contributed by atoms with Crippen LogP contribution in [0.3, 0.4) is 0 Å². The van der Waals surface area contributed by atoms with Crippen molar-refractivity contribution in [2.45, 2.75) is 12.8 Å². The highest BCUT2D eigenvalue weighted by molar-refractivity contribution is 6.21. The first-order valence-electron chi connectivity index (χ1n) is 8.63. The summed E-state index contributed by atoms with van der Waals surface area (Å²) in [5.74, 6) is -1.30. The molecule has 1 aliphatic rings. The van der Waals surface area contributed by atoms with Crippen molar-refractivity contribution in [3.05, 3.63) is 65.7 Å². The lowest BCUT2D eigenvalue weighted by atomic mass is 10.1. The molecule has 0 aromatic heterocycles. The van der Waals surface area contributed by atoms with Crippen molar-refractivity contribution in [2.75, 3.05) is 18.4 Å². The van der Waals surface area contributed by atoms with Gasteiger partial charge in [0.1, 0.15) is 0 Å². The molecule has 0 fully saturated rings. The van der Waals surface area contributed by atoms with Crippen LogP contribution in [0.5, 0.6) is 0 Å². The summed E-state index contributed by atoms with van der Waals surface area (Å²) in [6.07, 6.45) is 0.448. The van der Waals surface area contributed by atoms with Crippen LogP contribution in [0.15, 0.2) is 54.6 Å². The summed E-state index contributed by atoms with van der Waals surface area (Å²) in [6.45, 7) is 0.0245. The Hall–Kier alpha value is -3.48. The first-order chi connectivity index (χ1) is 13.1. The predicted molar refractivity (Wildman–Crippen MR) is 99.1 cm³/mol. The number of hydrogen-bond acceptors (Lipinski definition) is 4. The number of rotatable bonds is 7. The molecule has 3 rings (SSSR count). The normalized spacial score (nSPS) is 12.7. The highest BCUT2D eigenvalue weighted by Gasteiger charge is 2.34. The Morgan fingerprint density at radius 1 is 0.815 bits per heavy atom. The molecule has 2 aromatic carbocycles. The average Bonchev–Trinajstić information content (AvgIpc) is 2.92. The van der Waals surface area contributed by atoms with E-state index in [4.69, 9.17) is 0 Å². The lowest BCUT2D eigenvalue weighted by Gasteiger charge is -2.13. The van der Waals surface area contributed by atoms with E-state index in [0.717, 1.165) is 4.90 Å². The molecule has 0 bridgehead atoms. The van der Waals surface area contributed by atoms with E-state index in [-0.39, 0.29) is 43.1 Å². The number of imide groups is 1. The summed E-state index contributed by atoms with van der Waals surface area (Å²) in [5.41, 5.74) is 1.44. The summed E-state index contributed by atoms with van der Waals surface area (Å²) in [7, 11) is 0. The standard InChI is InChI=1S/C20H19N3O4/c24-17(21-13-18(25)22-14-7-2-1-3-8-14)11-6-12-23-19(26)15-9-4-5-10-16(15)20(23)27/h1-5,7-10H,6,11-13H2,(H,21,24)(H,22,25). The lowest BCUT2D eigenvalue weighted by molar-refractivity contribution is -0.124. The number of amides is 4. The van der Waals surface area contributed by atoms with Crippen LogP contribution in [-0.4, -0.2) is 41.6 Å². The van der Waals surface area contributed by atoms with Crippen LogP contribution in [0.4, 0.5) is 5.69 Å². The largest absolute Gasteiger partial charge is 0.347 e. The van der Waals surface area contributed by atoms with Crippen LogP contribution >= 0.6 is 0 Å². The zero-order valence-electron chi connectivity index (χ0n) is 14.6. The molecule has 0 spiro atoms. The van der Waals surface area contributed by atoms with Gasteiger partial charge < -0.3 is 10.6 Å². The number of fused-ring (bicyclic) bond motifs is 1. The van der Waals surface area contributed by atoms with Gasteiger partial charge in [0, 0.05) is 18.7 Å². The third kappa shape index (κ3) is 4.38. The maximum absolute atomic E-state index is 12.2. The first-order valence-corrected chi connectivity index (χ1v) is 8.63. The van der Waals surface area contributed by atoms with E-state index < -0.39 is 0 Å². The van der Waals surface area contributed by atoms with Gasteiger partial charge in [-0.05, 0) is 30.7 Å². The third-order valence-corrected chi connectivity index (χ3v) is 4.17. The van der Waals surface area contributed by atoms with Gasteiger partial charge in [-0.25, -0.2) is 0 Å². The number of carbonyl (C=O) groups excluding carboxylic acids is 4. The van der Waals surface area contributed by atoms with Crippen LogP contribution in [0.2, 0.25) is 0 Å². The summed E-state index contributed by atoms with van der Waals surface area (Å²) in [4.78, 5) is 49.3. The van der Waals surface area contributed by atoms with Crippen LogP contribution in [0, 0.1) is 0 Å². The molecule has 1 heterocycles. The first kappa shape index (κ1) is 18.3. The summed E-state index contributed by atoms with van der Waals surface area (Å²) in [5, 5.41) is 5.20. The van der Waals surface area contributed by atoms with Gasteiger partial charge in [0.2, 0.25) is 11.8 Å². The number of para-hydroxylation sites is 1. The third-order valence-electron chi connectivity index (χ3n) is 4.17. The van der Waals surface area contributed by atoms with E-state index in [2.05, 4.69) is 10.6 Å². The van der Waals surface area contributed by atoms with Crippen molar-refractivity contribution in [3.63, 3.8) is 0 Å². The predicted octanol–water partition coefficient (Wildman–Crippen LogP) is 1.82. The van der Waals surface area contributed by atoms with Gasteiger partial charge in [-0.1, -0.05) is 30.3 Å². The Morgan fingerprint density at radius 3 is 2.04 bits per heavy atom. The molecule has 2 aromatic rings. The van der Waals surface area contributed by atoms with E-state index in [0.29, 0.717) is 23.2 Å². The molecular formula is C20H19N3O4. The van der Waals surface area contributed by atoms with Gasteiger partial charge in [0.25, 0.3) is 11.8 Å². The van der Waals surface area contributed by atoms with Crippen molar-refractivity contribution >= 4 is 29.3 Å². The van der Waals surface area contributed by atoms with Crippen molar-refractivity contribution in [1.82, 2.24) is 10.2 Å². The molecule has 0 unspecified atom stereocenters. The number of nitrogens with zero attached hydrogens (tertiary/aromatic N) is 1. The Bertz CT molecular complexity index is 845. The molecular weight excluding hydrogens is 346 g/mol. The van der Waals surface area contributed by atoms with Crippen LogP contribution < -0.4 is 10.6 Å². The lowest BCUT2D eigenvalue weighted by Crippen LogP contribution is -2.34. The molecule has 0 saturated carbocycles. The van der Waals surface area contributed by atoms with Crippen LogP contribution in [-0.2, 0) is 9.59 Å². The Morgan fingerprint density at radius 2 is 1.41 bits per heavy atom. The minimum Gasteiger partial charge on any atom is -0.347 e. The van der Waals surface area contributed by atoms with E-state index in [1.54, 1.807) is 48.5 Å². The Labute approximate surface area is 156 Å². The summed E-state index contributed by atoms with van der Waals surface area (Å²) >= 11 is 0. The molecule has 0 radical (unpaired) electrons. The monoisotopic (exact) mass is 365 g/mol. The molecule has 4 amide bonds. The smallest absolute Gasteiger partial charge is 0.261 e. The van der Waals surface area contributed by atoms with E-state index in [1.807, 2.05) is 6.07 Å². The zero-order valence-corrected chi connectivity index (χ0v) is 14.6. The maximum Gasteiger partial charge on any atom is 0.261 e. The zero-order chi connectivity index (χ0) is 19.2. The fourth-order valence-electron chi connectivity index (χ4n) is 2.83. The molecule has 0 saturated heterocycles. The van der Waals surface area contributed by atoms with E-state index >= 15 is 0 Å². The number of carbonyl (C=O) groups is 4. The molecule has 7 nitrogen and oxygen atoms in total. The minimum absolute atomic E-state index is 0.117. The second-order valence-electron chi connectivity index (χ2n) is 6.10. The average molecular weight is 365 g/mol. The van der Waals surface area contributed by atoms with Crippen molar-refractivity contribution < 1.29 is 19.2 Å². The van der Waals surface area contributed by atoms with Gasteiger partial charge in [-0.3, -0.25) is 24.1 Å². The van der Waals surface area contributed by atoms with E-state index in [9.17, 15) is 19.2 Å². The molecule has 7 heteroatoms. The SMILES string of the molecule is O=C(CCCN1C(=O)c2ccccc2C1=O)NCC(=O)Nc1ccccc1. The molecule has 2 N–H and O–H groups in total. The molecule has 1 aliphatic heterocycles. The van der Waals surface area contributed by atoms with Crippen LogP contribution in [0.25, 0.3) is 0 Å². The van der Waals surface area contributed by atoms with Gasteiger partial charge in [-0.15, -0.1) is 0 Å². The minimum atomic E-state index is -0.335. The van der Waals surface area contributed by atoms with Gasteiger partial charge in [0.15, 0.2) is 0 Å². The number of hydrogen-bond donors (Lipinski definition) is 2. The molecule has 27 heavy (non-hydrogen) atoms. The molecule has 0 atom stereocenters. The fourth-order valence-corrected chi connectivity index (χ4v) is 2.83. The highest BCUT2D eigenvalue weighted by atomic mass is 16.2. The maximum atomic E-state index is 12.2. The van der Waals surface area contributed by atoms with Crippen LogP contribution in [0.1, 0.15) is 33.6 Å². The number of anilines is 1. The van der Waals surface area contributed by atoms with Crippen molar-refractivity contribution in [3.8, 4) is 0 Å². The van der Waals surface area contributed by atoms with Gasteiger partial charge >= 0.3 is 0 Å². The second kappa shape index (κ2) is 8.27. The van der Waals surface area contributed by atoms with Crippen molar-refractivity contribution in [2.24, 2.45) is 0 Å². The fraction of sp³-hybridized carbons (Fsp3) is 0.200. The number of nitrogens with one attached hydrogen (secondary N) is 2. The number of benzene rings is 2. The summed E-state index contributed by atoms with van der Waals surface area (Å²) in [6, 6.07) is 15.6. The quantitative estimate of drug-likeness (QED) is 0.732. The summed E-state index contributed by atoms with van der Waals surface area (Å²) < 4.78 is 0. The Balaban J connectivity index is 1.40. The van der Waals surface area contributed by atoms with Gasteiger partial charge in [-0.2, -0.15) is 0 Å². The van der Waals surface area contributed by atoms with Gasteiger partial charge in [0.05, 0.1) is 17.7 Å². The Kier molecular flexibility index (Phi) is 5.61. The topological polar surface area (TPSA) is 95.6 Å². The molecule has 138 valence electrons. The van der Waals surface area contributed by atoms with Crippen molar-refractivity contribution in [1.29, 1.82) is 0 Å². The molecule has 0 aliphatic carbocycles. The second-order valence-corrected chi connectivity index (χ2v) is 6.10. The highest BCUT2D eigenvalue weighted by Crippen LogP contribution is 2.22.